The summed E-state index contributed by atoms with van der Waals surface area (Å²) in [6.45, 7) is 2.13. The Kier molecular flexibility index (Phi) is 4.06. The lowest BCUT2D eigenvalue weighted by molar-refractivity contribution is 0.970. The molecular formula is C13H12BrClS. The van der Waals surface area contributed by atoms with Crippen LogP contribution in [0.1, 0.15) is 20.1 Å². The van der Waals surface area contributed by atoms with Crippen LogP contribution >= 0.6 is 38.9 Å². The third-order valence-corrected chi connectivity index (χ3v) is 4.84. The first-order chi connectivity index (χ1) is 7.65. The van der Waals surface area contributed by atoms with Crippen molar-refractivity contribution >= 4 is 38.9 Å². The van der Waals surface area contributed by atoms with Crippen LogP contribution < -0.4 is 0 Å². The lowest BCUT2D eigenvalue weighted by atomic mass is 10.1. The van der Waals surface area contributed by atoms with Gasteiger partial charge in [0.05, 0.1) is 4.83 Å². The van der Waals surface area contributed by atoms with Crippen molar-refractivity contribution < 1.29 is 0 Å². The standard InChI is InChI=1S/C13H12BrClS/c1-9-5-6-13(16-9)12(14)8-10-3-2-4-11(15)7-10/h2-7,12H,8H2,1H3. The summed E-state index contributed by atoms with van der Waals surface area (Å²) in [5.74, 6) is 0. The van der Waals surface area contributed by atoms with E-state index in [2.05, 4.69) is 41.1 Å². The maximum absolute atomic E-state index is 5.97. The Hall–Kier alpha value is -0.310. The van der Waals surface area contributed by atoms with E-state index in [1.165, 1.54) is 15.3 Å². The molecule has 0 amide bonds. The first-order valence-electron chi connectivity index (χ1n) is 5.10. The summed E-state index contributed by atoms with van der Waals surface area (Å²) in [6, 6.07) is 12.4. The first-order valence-corrected chi connectivity index (χ1v) is 7.21. The van der Waals surface area contributed by atoms with Gasteiger partial charge in [0, 0.05) is 14.8 Å². The summed E-state index contributed by atoms with van der Waals surface area (Å²) in [4.78, 5) is 3.10. The first kappa shape index (κ1) is 12.2. The highest BCUT2D eigenvalue weighted by molar-refractivity contribution is 9.09. The van der Waals surface area contributed by atoms with Gasteiger partial charge in [-0.15, -0.1) is 11.3 Å². The van der Waals surface area contributed by atoms with Gasteiger partial charge >= 0.3 is 0 Å². The fourth-order valence-corrected chi connectivity index (χ4v) is 3.47. The molecule has 1 aromatic heterocycles. The average Bonchev–Trinajstić information content (AvgIpc) is 2.65. The SMILES string of the molecule is Cc1ccc(C(Br)Cc2cccc(Cl)c2)s1. The zero-order valence-corrected chi connectivity index (χ0v) is 12.1. The van der Waals surface area contributed by atoms with Crippen molar-refractivity contribution in [1.82, 2.24) is 0 Å². The largest absolute Gasteiger partial charge is 0.145 e. The minimum atomic E-state index is 0.379. The molecule has 16 heavy (non-hydrogen) atoms. The van der Waals surface area contributed by atoms with E-state index < -0.39 is 0 Å². The number of hydrogen-bond acceptors (Lipinski definition) is 1. The van der Waals surface area contributed by atoms with Gasteiger partial charge in [-0.2, -0.15) is 0 Å². The second-order valence-corrected chi connectivity index (χ2v) is 6.61. The smallest absolute Gasteiger partial charge is 0.0529 e. The molecule has 1 aromatic carbocycles. The molecule has 1 unspecified atom stereocenters. The Morgan fingerprint density at radius 3 is 2.75 bits per heavy atom. The van der Waals surface area contributed by atoms with Crippen molar-refractivity contribution in [1.29, 1.82) is 0 Å². The van der Waals surface area contributed by atoms with Crippen molar-refractivity contribution in [2.75, 3.05) is 0 Å². The van der Waals surface area contributed by atoms with E-state index in [1.54, 1.807) is 0 Å². The predicted molar refractivity (Wildman–Crippen MR) is 75.9 cm³/mol. The van der Waals surface area contributed by atoms with Gasteiger partial charge in [-0.05, 0) is 43.2 Å². The van der Waals surface area contributed by atoms with Crippen LogP contribution in [0.25, 0.3) is 0 Å². The minimum Gasteiger partial charge on any atom is -0.145 e. The summed E-state index contributed by atoms with van der Waals surface area (Å²) in [5.41, 5.74) is 1.26. The lowest BCUT2D eigenvalue weighted by Gasteiger charge is -2.07. The maximum Gasteiger partial charge on any atom is 0.0529 e. The van der Waals surface area contributed by atoms with E-state index in [4.69, 9.17) is 11.6 Å². The molecule has 0 N–H and O–H groups in total. The zero-order chi connectivity index (χ0) is 11.5. The highest BCUT2D eigenvalue weighted by atomic mass is 79.9. The van der Waals surface area contributed by atoms with Gasteiger partial charge in [-0.25, -0.2) is 0 Å². The number of halogens is 2. The molecule has 0 aliphatic rings. The molecule has 0 aliphatic carbocycles. The summed E-state index contributed by atoms with van der Waals surface area (Å²) in [6.07, 6.45) is 0.973. The van der Waals surface area contributed by atoms with Gasteiger partial charge < -0.3 is 0 Å². The topological polar surface area (TPSA) is 0 Å². The lowest BCUT2D eigenvalue weighted by Crippen LogP contribution is -1.92. The molecule has 84 valence electrons. The fourth-order valence-electron chi connectivity index (χ4n) is 1.59. The van der Waals surface area contributed by atoms with E-state index in [1.807, 2.05) is 29.5 Å². The number of aryl methyl sites for hydroxylation is 1. The average molecular weight is 316 g/mol. The molecule has 3 heteroatoms. The van der Waals surface area contributed by atoms with Gasteiger partial charge in [0.2, 0.25) is 0 Å². The van der Waals surface area contributed by atoms with Crippen molar-refractivity contribution in [2.24, 2.45) is 0 Å². The summed E-state index contributed by atoms with van der Waals surface area (Å²) in [5, 5.41) is 0.805. The molecule has 0 nitrogen and oxygen atoms in total. The van der Waals surface area contributed by atoms with Crippen LogP contribution in [0.15, 0.2) is 36.4 Å². The third-order valence-electron chi connectivity index (χ3n) is 2.37. The molecule has 2 aromatic rings. The zero-order valence-electron chi connectivity index (χ0n) is 8.91. The molecule has 0 radical (unpaired) electrons. The quantitative estimate of drug-likeness (QED) is 0.666. The van der Waals surface area contributed by atoms with Crippen LogP contribution in [0.3, 0.4) is 0 Å². The molecule has 1 atom stereocenters. The Morgan fingerprint density at radius 1 is 1.31 bits per heavy atom. The van der Waals surface area contributed by atoms with Crippen LogP contribution in [0, 0.1) is 6.92 Å². The molecule has 1 heterocycles. The molecule has 0 aliphatic heterocycles. The highest BCUT2D eigenvalue weighted by Crippen LogP contribution is 2.32. The van der Waals surface area contributed by atoms with Crippen LogP contribution in [0.4, 0.5) is 0 Å². The number of benzene rings is 1. The molecule has 0 bridgehead atoms. The van der Waals surface area contributed by atoms with Gasteiger partial charge in [0.25, 0.3) is 0 Å². The molecule has 0 fully saturated rings. The predicted octanol–water partition coefficient (Wildman–Crippen LogP) is 5.39. The molecule has 0 spiro atoms. The number of rotatable bonds is 3. The van der Waals surface area contributed by atoms with E-state index in [0.717, 1.165) is 11.4 Å². The van der Waals surface area contributed by atoms with Gasteiger partial charge in [-0.1, -0.05) is 39.7 Å². The number of thiophene rings is 1. The Balaban J connectivity index is 2.10. The van der Waals surface area contributed by atoms with Crippen molar-refractivity contribution in [3.63, 3.8) is 0 Å². The van der Waals surface area contributed by atoms with Gasteiger partial charge in [-0.3, -0.25) is 0 Å². The molecule has 0 saturated carbocycles. The fraction of sp³-hybridized carbons (Fsp3) is 0.231. The van der Waals surface area contributed by atoms with Crippen LogP contribution in [-0.2, 0) is 6.42 Å². The van der Waals surface area contributed by atoms with Crippen molar-refractivity contribution in [3.8, 4) is 0 Å². The van der Waals surface area contributed by atoms with Gasteiger partial charge in [0.15, 0.2) is 0 Å². The minimum absolute atomic E-state index is 0.379. The molecule has 2 rings (SSSR count). The molecule has 0 saturated heterocycles. The summed E-state index contributed by atoms with van der Waals surface area (Å²) >= 11 is 11.5. The molecular weight excluding hydrogens is 304 g/mol. The van der Waals surface area contributed by atoms with Crippen LogP contribution in [0.2, 0.25) is 5.02 Å². The monoisotopic (exact) mass is 314 g/mol. The van der Waals surface area contributed by atoms with E-state index >= 15 is 0 Å². The van der Waals surface area contributed by atoms with Crippen molar-refractivity contribution in [3.05, 3.63) is 56.7 Å². The second kappa shape index (κ2) is 5.35. The maximum atomic E-state index is 5.97. The van der Waals surface area contributed by atoms with E-state index in [0.29, 0.717) is 4.83 Å². The van der Waals surface area contributed by atoms with Crippen molar-refractivity contribution in [2.45, 2.75) is 18.2 Å². The summed E-state index contributed by atoms with van der Waals surface area (Å²) < 4.78 is 0. The number of hydrogen-bond donors (Lipinski definition) is 0. The Bertz CT molecular complexity index is 478. The second-order valence-electron chi connectivity index (χ2n) is 3.75. The Labute approximate surface area is 113 Å². The third kappa shape index (κ3) is 3.09. The normalized spacial score (nSPS) is 12.7. The van der Waals surface area contributed by atoms with Crippen LogP contribution in [0.5, 0.6) is 0 Å². The number of alkyl halides is 1. The highest BCUT2D eigenvalue weighted by Gasteiger charge is 2.10. The summed E-state index contributed by atoms with van der Waals surface area (Å²) in [7, 11) is 0. The van der Waals surface area contributed by atoms with E-state index in [-0.39, 0.29) is 0 Å². The van der Waals surface area contributed by atoms with E-state index in [9.17, 15) is 0 Å². The van der Waals surface area contributed by atoms with Crippen LogP contribution in [-0.4, -0.2) is 0 Å². The Morgan fingerprint density at radius 2 is 2.12 bits per heavy atom. The van der Waals surface area contributed by atoms with Gasteiger partial charge in [0.1, 0.15) is 0 Å².